The highest BCUT2D eigenvalue weighted by Crippen LogP contribution is 2.48. The lowest BCUT2D eigenvalue weighted by Gasteiger charge is -2.23. The minimum absolute atomic E-state index is 0.0243. The molecule has 0 aromatic heterocycles. The van der Waals surface area contributed by atoms with Crippen LogP contribution in [0.15, 0.2) is 88.6 Å². The minimum atomic E-state index is -3.73. The number of methoxy groups -OCH3 is 1. The van der Waals surface area contributed by atoms with Crippen molar-refractivity contribution >= 4 is 103 Å². The number of phenols is 1. The number of ether oxygens (including phenoxy) is 1. The van der Waals surface area contributed by atoms with Crippen molar-refractivity contribution in [2.45, 2.75) is 26.5 Å². The van der Waals surface area contributed by atoms with Crippen molar-refractivity contribution in [2.24, 2.45) is 20.5 Å². The first kappa shape index (κ1) is 45.9. The lowest BCUT2D eigenvalue weighted by Crippen LogP contribution is -2.38. The predicted octanol–water partition coefficient (Wildman–Crippen LogP) is 8.23. The Kier molecular flexibility index (Phi) is 17.1. The predicted molar refractivity (Wildman–Crippen MR) is 208 cm³/mol. The van der Waals surface area contributed by atoms with Crippen molar-refractivity contribution in [3.8, 4) is 11.5 Å². The summed E-state index contributed by atoms with van der Waals surface area (Å²) in [5.41, 5.74) is 7.29. The Hall–Kier alpha value is -3.84. The third-order valence-electron chi connectivity index (χ3n) is 7.34. The molecule has 0 heterocycles. The van der Waals surface area contributed by atoms with E-state index in [0.29, 0.717) is 57.6 Å². The number of nitrogen functional groups attached to an aromatic ring is 1. The fourth-order valence-corrected chi connectivity index (χ4v) is 8.09. The lowest BCUT2D eigenvalue weighted by atomic mass is 10.1. The van der Waals surface area contributed by atoms with Crippen LogP contribution in [-0.4, -0.2) is 86.1 Å². The van der Waals surface area contributed by atoms with Crippen LogP contribution >= 0.6 is 48.2 Å². The number of phenolic OH excluding ortho intramolecular Hbond substituents is 1. The van der Waals surface area contributed by atoms with Crippen LogP contribution in [0.3, 0.4) is 0 Å². The second-order valence-corrected chi connectivity index (χ2v) is 17.2. The van der Waals surface area contributed by atoms with Crippen LogP contribution in [0.1, 0.15) is 5.56 Å². The van der Waals surface area contributed by atoms with Gasteiger partial charge in [0.05, 0.1) is 96.2 Å². The van der Waals surface area contributed by atoms with Gasteiger partial charge in [-0.05, 0) is 61.0 Å². The number of nitrogens with zero attached hydrogens (tertiary/aromatic N) is 5. The molecular weight excluding hydrogens is 857 g/mol. The molecule has 4 aromatic carbocycles. The van der Waals surface area contributed by atoms with Crippen molar-refractivity contribution in [3.05, 3.63) is 54.1 Å². The van der Waals surface area contributed by atoms with Gasteiger partial charge in [-0.3, -0.25) is 4.79 Å². The molecule has 0 saturated carbocycles. The number of fused-ring (bicyclic) bond motifs is 1. The number of azo groups is 2. The summed E-state index contributed by atoms with van der Waals surface area (Å²) in [6.45, 7) is 2.06. The quantitative estimate of drug-likeness (QED) is 0.0100. The molecule has 26 heteroatoms. The summed E-state index contributed by atoms with van der Waals surface area (Å²) in [6, 6.07) is 11.6. The molecule has 0 atom stereocenters. The first-order chi connectivity index (χ1) is 27.1. The summed E-state index contributed by atoms with van der Waals surface area (Å²) in [6.07, 6.45) is 0. The van der Waals surface area contributed by atoms with Crippen molar-refractivity contribution in [1.82, 2.24) is 0 Å². The maximum absolute atomic E-state index is 13.1. The topological polar surface area (TPSA) is 281 Å². The van der Waals surface area contributed by atoms with Crippen LogP contribution in [0, 0.1) is 6.92 Å². The van der Waals surface area contributed by atoms with E-state index < -0.39 is 21.6 Å². The number of aromatic hydroxyl groups is 1. The molecule has 0 amide bonds. The Morgan fingerprint density at radius 3 is 2.12 bits per heavy atom. The van der Waals surface area contributed by atoms with E-state index >= 15 is 0 Å². The molecule has 0 bridgehead atoms. The lowest BCUT2D eigenvalue weighted by molar-refractivity contribution is -0.867. The number of rotatable bonds is 21. The molecule has 0 radical (unpaired) electrons. The molecule has 0 saturated heterocycles. The number of sulfone groups is 1. The summed E-state index contributed by atoms with van der Waals surface area (Å²) in [5.74, 6) is -1.28. The first-order valence-corrected chi connectivity index (χ1v) is 20.4. The molecular formula is C31H35N6O15S5+. The van der Waals surface area contributed by atoms with Crippen molar-refractivity contribution in [3.63, 3.8) is 0 Å². The van der Waals surface area contributed by atoms with Gasteiger partial charge in [0, 0.05) is 22.8 Å². The molecule has 0 aliphatic carbocycles. The summed E-state index contributed by atoms with van der Waals surface area (Å²) in [7, 11) is 3.26. The van der Waals surface area contributed by atoms with Gasteiger partial charge in [-0.2, -0.15) is 0 Å². The van der Waals surface area contributed by atoms with E-state index in [1.54, 1.807) is 19.1 Å². The second kappa shape index (κ2) is 21.2. The SMILES string of the molecule is COc1cc(SOC(=O)CSOOO)c(C)cc1N=Nc1c(SOOO)cc2c(N=Nc3ccc(S(=O)(=O)CC[N+](C)(C)C)cc3SOOO)c(N)ccc2c1O. The molecule has 0 spiro atoms. The van der Waals surface area contributed by atoms with Gasteiger partial charge >= 0.3 is 5.97 Å². The van der Waals surface area contributed by atoms with Crippen molar-refractivity contribution < 1.29 is 75.6 Å². The average Bonchev–Trinajstić information content (AvgIpc) is 3.17. The number of quaternary nitrogens is 1. The number of nitrogens with two attached hydrogens (primary N) is 1. The zero-order valence-corrected chi connectivity index (χ0v) is 34.5. The Balaban J connectivity index is 1.72. The van der Waals surface area contributed by atoms with Crippen LogP contribution in [0.5, 0.6) is 11.5 Å². The zero-order chi connectivity index (χ0) is 41.8. The Morgan fingerprint density at radius 1 is 0.789 bits per heavy atom. The van der Waals surface area contributed by atoms with Gasteiger partial charge in [-0.15, -0.1) is 33.5 Å². The summed E-state index contributed by atoms with van der Waals surface area (Å²) in [5, 5.41) is 65.9. The van der Waals surface area contributed by atoms with Gasteiger partial charge in [-0.25, -0.2) is 24.2 Å². The maximum Gasteiger partial charge on any atom is 0.330 e. The van der Waals surface area contributed by atoms with Crippen LogP contribution < -0.4 is 10.5 Å². The van der Waals surface area contributed by atoms with Crippen LogP contribution in [0.4, 0.5) is 28.4 Å². The summed E-state index contributed by atoms with van der Waals surface area (Å²) < 4.78 is 50.6. The first-order valence-electron chi connectivity index (χ1n) is 15.7. The smallest absolute Gasteiger partial charge is 0.330 e. The van der Waals surface area contributed by atoms with E-state index in [-0.39, 0.29) is 71.2 Å². The third kappa shape index (κ3) is 12.8. The van der Waals surface area contributed by atoms with Crippen LogP contribution in [0.25, 0.3) is 10.8 Å². The minimum Gasteiger partial charge on any atom is -0.505 e. The fourth-order valence-electron chi connectivity index (χ4n) is 4.55. The van der Waals surface area contributed by atoms with E-state index in [1.807, 2.05) is 21.1 Å². The van der Waals surface area contributed by atoms with E-state index in [1.165, 1.54) is 43.5 Å². The van der Waals surface area contributed by atoms with Crippen LogP contribution in [0.2, 0.25) is 0 Å². The van der Waals surface area contributed by atoms with Gasteiger partial charge in [-0.1, -0.05) is 15.1 Å². The molecule has 308 valence electrons. The Morgan fingerprint density at radius 2 is 1.46 bits per heavy atom. The highest BCUT2D eigenvalue weighted by atomic mass is 32.2. The van der Waals surface area contributed by atoms with E-state index in [9.17, 15) is 18.3 Å². The summed E-state index contributed by atoms with van der Waals surface area (Å²) >= 11 is 2.21. The summed E-state index contributed by atoms with van der Waals surface area (Å²) in [4.78, 5) is 12.6. The Bertz CT molecular complexity index is 2230. The van der Waals surface area contributed by atoms with Gasteiger partial charge < -0.3 is 24.2 Å². The zero-order valence-electron chi connectivity index (χ0n) is 30.4. The monoisotopic (exact) mass is 891 g/mol. The van der Waals surface area contributed by atoms with E-state index in [2.05, 4.69) is 48.6 Å². The van der Waals surface area contributed by atoms with Crippen molar-refractivity contribution in [2.75, 3.05) is 52.0 Å². The number of aryl methyl sites for hydroxylation is 1. The molecule has 4 rings (SSSR count). The van der Waals surface area contributed by atoms with E-state index in [0.717, 1.165) is 12.0 Å². The molecule has 0 aliphatic heterocycles. The standard InChI is InChI=1S/C31H34N6O15S5/c1-17-12-23(24(45-5)15-25(17)54-46-28(38)16-53-50-47-40)34-36-30-27(56-52-49-42)14-20-19(31(30)39)7-8-21(32)29(20)35-33-22-9-6-18(13-26(22)55-51-48-41)57(43,44)11-10-37(2,3)4/h6-9,12-15H,10-11,16,32H2,1-5H3,(H3-,39,40,41,42)/p+1. The molecule has 6 N–H and O–H groups in total. The molecule has 21 nitrogen and oxygen atoms in total. The van der Waals surface area contributed by atoms with Crippen LogP contribution in [-0.2, 0) is 46.9 Å². The Labute approximate surface area is 341 Å². The average molecular weight is 892 g/mol. The molecule has 0 unspecified atom stereocenters. The highest BCUT2D eigenvalue weighted by Gasteiger charge is 2.23. The third-order valence-corrected chi connectivity index (χ3v) is 11.7. The van der Waals surface area contributed by atoms with Gasteiger partial charge in [0.1, 0.15) is 40.0 Å². The van der Waals surface area contributed by atoms with Gasteiger partial charge in [0.15, 0.2) is 15.6 Å². The molecule has 0 fully saturated rings. The van der Waals surface area contributed by atoms with Gasteiger partial charge in [0.25, 0.3) is 0 Å². The molecule has 0 aliphatic rings. The number of carbonyl (C=O) groups is 1. The van der Waals surface area contributed by atoms with Crippen molar-refractivity contribution in [1.29, 1.82) is 0 Å². The largest absolute Gasteiger partial charge is 0.505 e. The number of anilines is 1. The second-order valence-electron chi connectivity index (χ2n) is 12.2. The van der Waals surface area contributed by atoms with Gasteiger partial charge in [0.2, 0.25) is 0 Å². The number of carbonyl (C=O) groups excluding carboxylic acids is 1. The maximum atomic E-state index is 13.1. The highest BCUT2D eigenvalue weighted by molar-refractivity contribution is 7.96. The normalized spacial score (nSPS) is 12.3. The number of hydrogen-bond acceptors (Lipinski definition) is 24. The number of benzene rings is 4. The number of hydrogen-bond donors (Lipinski definition) is 5. The van der Waals surface area contributed by atoms with E-state index in [4.69, 9.17) is 30.4 Å². The molecule has 57 heavy (non-hydrogen) atoms. The fraction of sp³-hybridized carbons (Fsp3) is 0.258. The molecule has 4 aromatic rings.